The number of rotatable bonds is 2. The van der Waals surface area contributed by atoms with E-state index in [9.17, 15) is 0 Å². The van der Waals surface area contributed by atoms with Crippen LogP contribution in [0.3, 0.4) is 0 Å². The van der Waals surface area contributed by atoms with Crippen LogP contribution in [0.1, 0.15) is 30.9 Å². The van der Waals surface area contributed by atoms with Crippen LogP contribution in [0, 0.1) is 6.92 Å². The molecule has 0 fully saturated rings. The van der Waals surface area contributed by atoms with E-state index >= 15 is 0 Å². The first-order valence-corrected chi connectivity index (χ1v) is 4.45. The maximum Gasteiger partial charge on any atom is 0.165 e. The molecule has 5 heteroatoms. The van der Waals surface area contributed by atoms with Gasteiger partial charge in [0, 0.05) is 11.1 Å². The maximum atomic E-state index is 5.91. The molecule has 0 aliphatic rings. The predicted octanol–water partition coefficient (Wildman–Crippen LogP) is 1.85. The lowest BCUT2D eigenvalue weighted by Gasteiger charge is -2.12. The fourth-order valence-electron chi connectivity index (χ4n) is 1.31. The van der Waals surface area contributed by atoms with E-state index in [-0.39, 0.29) is 0 Å². The van der Waals surface area contributed by atoms with Crippen LogP contribution in [0.15, 0.2) is 0 Å². The van der Waals surface area contributed by atoms with E-state index in [1.807, 2.05) is 6.92 Å². The number of halogens is 1. The highest BCUT2D eigenvalue weighted by Gasteiger charge is 2.13. The van der Waals surface area contributed by atoms with E-state index in [2.05, 4.69) is 29.5 Å². The van der Waals surface area contributed by atoms with Crippen LogP contribution in [0.4, 0.5) is 5.82 Å². The molecule has 4 nitrogen and oxygen atoms in total. The second-order valence-corrected chi connectivity index (χ2v) is 3.54. The smallest absolute Gasteiger partial charge is 0.165 e. The Morgan fingerprint density at radius 3 is 2.46 bits per heavy atom. The minimum atomic E-state index is 0.315. The highest BCUT2D eigenvalue weighted by atomic mass is 35.5. The zero-order chi connectivity index (χ0) is 10.0. The van der Waals surface area contributed by atoms with Gasteiger partial charge >= 0.3 is 0 Å². The number of nitrogens with one attached hydrogen (secondary N) is 1. The van der Waals surface area contributed by atoms with Crippen molar-refractivity contribution in [2.24, 2.45) is 5.84 Å². The van der Waals surface area contributed by atoms with Gasteiger partial charge in [-0.25, -0.2) is 5.84 Å². The van der Waals surface area contributed by atoms with Crippen LogP contribution >= 0.6 is 11.6 Å². The Balaban J connectivity index is 3.30. The van der Waals surface area contributed by atoms with Crippen molar-refractivity contribution in [2.45, 2.75) is 26.7 Å². The summed E-state index contributed by atoms with van der Waals surface area (Å²) >= 11 is 5.91. The number of hydrogen-bond acceptors (Lipinski definition) is 4. The van der Waals surface area contributed by atoms with Crippen LogP contribution < -0.4 is 11.3 Å². The SMILES string of the molecule is Cc1c(NN)nnc(Cl)c1C(C)C. The van der Waals surface area contributed by atoms with E-state index in [1.165, 1.54) is 0 Å². The molecule has 0 atom stereocenters. The van der Waals surface area contributed by atoms with Gasteiger partial charge in [0.25, 0.3) is 0 Å². The number of nitrogen functional groups attached to an aromatic ring is 1. The summed E-state index contributed by atoms with van der Waals surface area (Å²) in [4.78, 5) is 0. The van der Waals surface area contributed by atoms with Crippen LogP contribution in [0.25, 0.3) is 0 Å². The van der Waals surface area contributed by atoms with Crippen LogP contribution in [0.5, 0.6) is 0 Å². The fraction of sp³-hybridized carbons (Fsp3) is 0.500. The molecule has 3 N–H and O–H groups in total. The van der Waals surface area contributed by atoms with E-state index < -0.39 is 0 Å². The molecule has 1 rings (SSSR count). The Kier molecular flexibility index (Phi) is 3.06. The molecular weight excluding hydrogens is 188 g/mol. The Hall–Kier alpha value is -0.870. The lowest BCUT2D eigenvalue weighted by molar-refractivity contribution is 0.829. The summed E-state index contributed by atoms with van der Waals surface area (Å²) < 4.78 is 0. The van der Waals surface area contributed by atoms with Gasteiger partial charge in [-0.05, 0) is 12.8 Å². The molecule has 0 amide bonds. The van der Waals surface area contributed by atoms with Gasteiger partial charge in [0.2, 0.25) is 0 Å². The molecule has 0 bridgehead atoms. The molecular formula is C8H13ClN4. The zero-order valence-corrected chi connectivity index (χ0v) is 8.68. The Morgan fingerprint density at radius 2 is 2.00 bits per heavy atom. The highest BCUT2D eigenvalue weighted by molar-refractivity contribution is 6.30. The van der Waals surface area contributed by atoms with Crippen molar-refractivity contribution in [1.29, 1.82) is 0 Å². The van der Waals surface area contributed by atoms with Gasteiger partial charge in [-0.3, -0.25) is 0 Å². The van der Waals surface area contributed by atoms with Crippen molar-refractivity contribution >= 4 is 17.4 Å². The number of anilines is 1. The molecule has 13 heavy (non-hydrogen) atoms. The molecule has 1 heterocycles. The van der Waals surface area contributed by atoms with Gasteiger partial charge in [0.05, 0.1) is 0 Å². The highest BCUT2D eigenvalue weighted by Crippen LogP contribution is 2.28. The molecule has 1 aromatic rings. The standard InChI is InChI=1S/C8H13ClN4/c1-4(2)6-5(3)8(11-10)13-12-7(6)9/h4H,10H2,1-3H3,(H,11,13). The summed E-state index contributed by atoms with van der Waals surface area (Å²) in [6.45, 7) is 6.03. The molecule has 0 aliphatic carbocycles. The molecule has 0 saturated carbocycles. The minimum Gasteiger partial charge on any atom is -0.307 e. The van der Waals surface area contributed by atoms with Crippen molar-refractivity contribution < 1.29 is 0 Å². The number of hydrogen-bond donors (Lipinski definition) is 2. The van der Waals surface area contributed by atoms with Crippen molar-refractivity contribution in [1.82, 2.24) is 10.2 Å². The Bertz CT molecular complexity index is 311. The summed E-state index contributed by atoms with van der Waals surface area (Å²) in [5.41, 5.74) is 4.43. The summed E-state index contributed by atoms with van der Waals surface area (Å²) in [6.07, 6.45) is 0. The molecule has 0 spiro atoms. The zero-order valence-electron chi connectivity index (χ0n) is 7.93. The fourth-order valence-corrected chi connectivity index (χ4v) is 1.71. The third kappa shape index (κ3) is 1.89. The molecule has 0 aromatic carbocycles. The molecule has 0 aliphatic heterocycles. The van der Waals surface area contributed by atoms with Gasteiger partial charge in [-0.2, -0.15) is 0 Å². The van der Waals surface area contributed by atoms with Gasteiger partial charge in [-0.1, -0.05) is 25.4 Å². The van der Waals surface area contributed by atoms with Crippen molar-refractivity contribution in [3.8, 4) is 0 Å². The van der Waals surface area contributed by atoms with Crippen LogP contribution in [-0.4, -0.2) is 10.2 Å². The second-order valence-electron chi connectivity index (χ2n) is 3.18. The molecule has 1 aromatic heterocycles. The van der Waals surface area contributed by atoms with Gasteiger partial charge in [-0.15, -0.1) is 10.2 Å². The number of nitrogens with zero attached hydrogens (tertiary/aromatic N) is 2. The molecule has 0 radical (unpaired) electrons. The van der Waals surface area contributed by atoms with Crippen LogP contribution in [-0.2, 0) is 0 Å². The minimum absolute atomic E-state index is 0.315. The molecule has 0 unspecified atom stereocenters. The average Bonchev–Trinajstić information content (AvgIpc) is 2.04. The van der Waals surface area contributed by atoms with E-state index in [0.717, 1.165) is 11.1 Å². The van der Waals surface area contributed by atoms with Gasteiger partial charge in [0.15, 0.2) is 11.0 Å². The average molecular weight is 201 g/mol. The van der Waals surface area contributed by atoms with Crippen molar-refractivity contribution in [3.05, 3.63) is 16.3 Å². The van der Waals surface area contributed by atoms with Gasteiger partial charge in [0.1, 0.15) is 0 Å². The normalized spacial score (nSPS) is 10.6. The van der Waals surface area contributed by atoms with Crippen LogP contribution in [0.2, 0.25) is 5.15 Å². The summed E-state index contributed by atoms with van der Waals surface area (Å²) in [5, 5.41) is 8.08. The maximum absolute atomic E-state index is 5.91. The third-order valence-corrected chi connectivity index (χ3v) is 2.21. The summed E-state index contributed by atoms with van der Waals surface area (Å²) in [7, 11) is 0. The van der Waals surface area contributed by atoms with E-state index in [1.54, 1.807) is 0 Å². The lowest BCUT2D eigenvalue weighted by Crippen LogP contribution is -2.13. The Labute approximate surface area is 82.5 Å². The summed E-state index contributed by atoms with van der Waals surface area (Å²) in [6, 6.07) is 0. The quantitative estimate of drug-likeness (QED) is 0.565. The molecule has 72 valence electrons. The molecule has 0 saturated heterocycles. The predicted molar refractivity (Wildman–Crippen MR) is 53.7 cm³/mol. The third-order valence-electron chi connectivity index (χ3n) is 1.93. The van der Waals surface area contributed by atoms with Crippen molar-refractivity contribution in [2.75, 3.05) is 5.43 Å². The topological polar surface area (TPSA) is 63.8 Å². The number of nitrogens with two attached hydrogens (primary N) is 1. The first kappa shape index (κ1) is 10.2. The second kappa shape index (κ2) is 3.89. The van der Waals surface area contributed by atoms with E-state index in [4.69, 9.17) is 17.4 Å². The lowest BCUT2D eigenvalue weighted by atomic mass is 10.0. The first-order valence-electron chi connectivity index (χ1n) is 4.07. The summed E-state index contributed by atoms with van der Waals surface area (Å²) in [5.74, 6) is 6.17. The monoisotopic (exact) mass is 200 g/mol. The largest absolute Gasteiger partial charge is 0.307 e. The Morgan fingerprint density at radius 1 is 1.38 bits per heavy atom. The van der Waals surface area contributed by atoms with Crippen molar-refractivity contribution in [3.63, 3.8) is 0 Å². The van der Waals surface area contributed by atoms with E-state index in [0.29, 0.717) is 16.9 Å². The van der Waals surface area contributed by atoms with Gasteiger partial charge < -0.3 is 5.43 Å². The number of aromatic nitrogens is 2. The first-order chi connectivity index (χ1) is 6.07. The number of hydrazine groups is 1.